The molecule has 1 unspecified atom stereocenters. The van der Waals surface area contributed by atoms with Crippen LogP contribution in [0.5, 0.6) is 11.5 Å². The maximum absolute atomic E-state index is 13.1. The molecule has 0 amide bonds. The van der Waals surface area contributed by atoms with Crippen molar-refractivity contribution in [3.05, 3.63) is 24.0 Å². The Kier molecular flexibility index (Phi) is 5.96. The second kappa shape index (κ2) is 7.24. The van der Waals surface area contributed by atoms with Gasteiger partial charge in [0.1, 0.15) is 5.75 Å². The molecular weight excluding hydrogens is 231 g/mol. The van der Waals surface area contributed by atoms with Crippen molar-refractivity contribution in [3.8, 4) is 11.5 Å². The Bertz CT molecular complexity index is 364. The Balaban J connectivity index is 2.29. The molecule has 3 heteroatoms. The highest BCUT2D eigenvalue weighted by Crippen LogP contribution is 2.22. The molecule has 1 aromatic carbocycles. The van der Waals surface area contributed by atoms with Gasteiger partial charge in [0, 0.05) is 6.07 Å². The van der Waals surface area contributed by atoms with Crippen molar-refractivity contribution in [2.75, 3.05) is 6.61 Å². The summed E-state index contributed by atoms with van der Waals surface area (Å²) in [7, 11) is 0. The van der Waals surface area contributed by atoms with Crippen LogP contribution in [0.3, 0.4) is 0 Å². The molecule has 0 aromatic heterocycles. The van der Waals surface area contributed by atoms with Crippen LogP contribution in [0.15, 0.2) is 18.2 Å². The molecule has 0 radical (unpaired) electrons. The van der Waals surface area contributed by atoms with Crippen LogP contribution in [-0.4, -0.2) is 11.7 Å². The van der Waals surface area contributed by atoms with Crippen molar-refractivity contribution in [1.29, 1.82) is 0 Å². The van der Waals surface area contributed by atoms with Crippen LogP contribution >= 0.6 is 0 Å². The number of phenols is 1. The fraction of sp³-hybridized carbons (Fsp3) is 0.600. The van der Waals surface area contributed by atoms with Gasteiger partial charge in [-0.15, -0.1) is 0 Å². The van der Waals surface area contributed by atoms with E-state index >= 15 is 0 Å². The van der Waals surface area contributed by atoms with Crippen LogP contribution in [0.25, 0.3) is 0 Å². The van der Waals surface area contributed by atoms with Crippen LogP contribution in [0.1, 0.15) is 40.0 Å². The van der Waals surface area contributed by atoms with Crippen LogP contribution in [0, 0.1) is 17.7 Å². The van der Waals surface area contributed by atoms with Crippen molar-refractivity contribution in [3.63, 3.8) is 0 Å². The summed E-state index contributed by atoms with van der Waals surface area (Å²) in [5, 5.41) is 9.06. The molecule has 102 valence electrons. The maximum atomic E-state index is 13.1. The number of hydrogen-bond donors (Lipinski definition) is 1. The molecule has 0 aliphatic heterocycles. The van der Waals surface area contributed by atoms with Gasteiger partial charge in [-0.25, -0.2) is 4.39 Å². The third-order valence-corrected chi connectivity index (χ3v) is 2.93. The Hall–Kier alpha value is -1.25. The minimum absolute atomic E-state index is 0.340. The number of ether oxygens (including phenoxy) is 1. The molecule has 0 fully saturated rings. The van der Waals surface area contributed by atoms with Crippen molar-refractivity contribution in [2.45, 2.75) is 40.0 Å². The molecule has 1 N–H and O–H groups in total. The average molecular weight is 254 g/mol. The summed E-state index contributed by atoms with van der Waals surface area (Å²) in [6.45, 7) is 7.17. The monoisotopic (exact) mass is 254 g/mol. The molecule has 18 heavy (non-hydrogen) atoms. The van der Waals surface area contributed by atoms with Crippen LogP contribution in [-0.2, 0) is 0 Å². The van der Waals surface area contributed by atoms with E-state index in [1.807, 2.05) is 0 Å². The van der Waals surface area contributed by atoms with Gasteiger partial charge in [-0.2, -0.15) is 0 Å². The molecule has 1 aromatic rings. The molecule has 0 saturated carbocycles. The largest absolute Gasteiger partial charge is 0.505 e. The minimum Gasteiger partial charge on any atom is -0.505 e. The standard InChI is InChI=1S/C15H23FO2/c1-11(2)5-4-6-12(3)10-18-13-7-8-15(17)14(16)9-13/h7-9,11-12,17H,4-6,10H2,1-3H3. The maximum Gasteiger partial charge on any atom is 0.168 e. The average Bonchev–Trinajstić information content (AvgIpc) is 2.30. The minimum atomic E-state index is -0.639. The smallest absolute Gasteiger partial charge is 0.168 e. The summed E-state index contributed by atoms with van der Waals surface area (Å²) >= 11 is 0. The molecule has 2 nitrogen and oxygen atoms in total. The van der Waals surface area contributed by atoms with E-state index in [4.69, 9.17) is 9.84 Å². The third kappa shape index (κ3) is 5.39. The van der Waals surface area contributed by atoms with Gasteiger partial charge in [0.25, 0.3) is 0 Å². The van der Waals surface area contributed by atoms with E-state index in [0.717, 1.165) is 12.3 Å². The highest BCUT2D eigenvalue weighted by atomic mass is 19.1. The summed E-state index contributed by atoms with van der Waals surface area (Å²) in [4.78, 5) is 0. The Morgan fingerprint density at radius 1 is 1.22 bits per heavy atom. The highest BCUT2D eigenvalue weighted by Gasteiger charge is 2.06. The van der Waals surface area contributed by atoms with Crippen molar-refractivity contribution in [2.24, 2.45) is 11.8 Å². The van der Waals surface area contributed by atoms with Crippen LogP contribution in [0.4, 0.5) is 4.39 Å². The van der Waals surface area contributed by atoms with Crippen molar-refractivity contribution >= 4 is 0 Å². The second-order valence-corrected chi connectivity index (χ2v) is 5.35. The topological polar surface area (TPSA) is 29.5 Å². The lowest BCUT2D eigenvalue weighted by Gasteiger charge is -2.14. The van der Waals surface area contributed by atoms with Gasteiger partial charge in [-0.3, -0.25) is 0 Å². The normalized spacial score (nSPS) is 12.7. The fourth-order valence-corrected chi connectivity index (χ4v) is 1.77. The lowest BCUT2D eigenvalue weighted by atomic mass is 10.0. The zero-order valence-electron chi connectivity index (χ0n) is 11.4. The predicted octanol–water partition coefficient (Wildman–Crippen LogP) is 4.37. The summed E-state index contributed by atoms with van der Waals surface area (Å²) in [5.74, 6) is 0.693. The van der Waals surface area contributed by atoms with Crippen molar-refractivity contribution in [1.82, 2.24) is 0 Å². The predicted molar refractivity (Wildman–Crippen MR) is 71.4 cm³/mol. The molecular formula is C15H23FO2. The van der Waals surface area contributed by atoms with Gasteiger partial charge in [0.15, 0.2) is 11.6 Å². The van der Waals surface area contributed by atoms with Gasteiger partial charge in [0.2, 0.25) is 0 Å². The summed E-state index contributed by atoms with van der Waals surface area (Å²) < 4.78 is 18.6. The number of hydrogen-bond acceptors (Lipinski definition) is 2. The molecule has 0 heterocycles. The number of rotatable bonds is 7. The number of halogens is 1. The van der Waals surface area contributed by atoms with Gasteiger partial charge < -0.3 is 9.84 Å². The third-order valence-electron chi connectivity index (χ3n) is 2.93. The highest BCUT2D eigenvalue weighted by molar-refractivity contribution is 5.31. The van der Waals surface area contributed by atoms with E-state index in [2.05, 4.69) is 20.8 Å². The second-order valence-electron chi connectivity index (χ2n) is 5.35. The van der Waals surface area contributed by atoms with E-state index in [0.29, 0.717) is 18.3 Å². The summed E-state index contributed by atoms with van der Waals surface area (Å²) in [6, 6.07) is 4.11. The van der Waals surface area contributed by atoms with Crippen LogP contribution in [0.2, 0.25) is 0 Å². The summed E-state index contributed by atoms with van der Waals surface area (Å²) in [5.41, 5.74) is 0. The zero-order valence-corrected chi connectivity index (χ0v) is 11.4. The van der Waals surface area contributed by atoms with E-state index < -0.39 is 5.82 Å². The van der Waals surface area contributed by atoms with E-state index in [1.165, 1.54) is 25.0 Å². The van der Waals surface area contributed by atoms with Gasteiger partial charge in [0.05, 0.1) is 6.61 Å². The molecule has 0 saturated heterocycles. The first kappa shape index (κ1) is 14.8. The van der Waals surface area contributed by atoms with Crippen LogP contribution < -0.4 is 4.74 Å². The lowest BCUT2D eigenvalue weighted by molar-refractivity contribution is 0.246. The number of aromatic hydroxyl groups is 1. The van der Waals surface area contributed by atoms with E-state index in [-0.39, 0.29) is 5.75 Å². The Morgan fingerprint density at radius 2 is 1.94 bits per heavy atom. The fourth-order valence-electron chi connectivity index (χ4n) is 1.77. The molecule has 0 spiro atoms. The number of phenolic OH excluding ortho intramolecular Hbond substituents is 1. The molecule has 0 aliphatic carbocycles. The van der Waals surface area contributed by atoms with Gasteiger partial charge in [-0.05, 0) is 30.4 Å². The first-order chi connectivity index (χ1) is 8.49. The first-order valence-electron chi connectivity index (χ1n) is 6.60. The van der Waals surface area contributed by atoms with Gasteiger partial charge in [-0.1, -0.05) is 33.6 Å². The number of benzene rings is 1. The summed E-state index contributed by atoms with van der Waals surface area (Å²) in [6.07, 6.45) is 3.56. The lowest BCUT2D eigenvalue weighted by Crippen LogP contribution is -2.09. The SMILES string of the molecule is CC(C)CCCC(C)COc1ccc(O)c(F)c1. The van der Waals surface area contributed by atoms with Crippen molar-refractivity contribution < 1.29 is 14.2 Å². The zero-order chi connectivity index (χ0) is 13.5. The quantitative estimate of drug-likeness (QED) is 0.782. The first-order valence-corrected chi connectivity index (χ1v) is 6.60. The molecule has 1 rings (SSSR count). The molecule has 0 bridgehead atoms. The molecule has 0 aliphatic rings. The Morgan fingerprint density at radius 3 is 2.56 bits per heavy atom. The van der Waals surface area contributed by atoms with Gasteiger partial charge >= 0.3 is 0 Å². The Labute approximate surface area is 109 Å². The van der Waals surface area contributed by atoms with E-state index in [9.17, 15) is 4.39 Å². The van der Waals surface area contributed by atoms with E-state index in [1.54, 1.807) is 6.07 Å². The molecule has 1 atom stereocenters.